The molecule has 5 nitrogen and oxygen atoms in total. The summed E-state index contributed by atoms with van der Waals surface area (Å²) in [6, 6.07) is 5.65. The number of benzene rings is 1. The highest BCUT2D eigenvalue weighted by Crippen LogP contribution is 2.16. The highest BCUT2D eigenvalue weighted by atomic mass is 32.2. The Labute approximate surface area is 109 Å². The molecule has 0 aliphatic rings. The average Bonchev–Trinajstić information content (AvgIpc) is 2.34. The SMILES string of the molecule is NC(c1ccc(CNC(=O)C(F)(F)F)cc1)S(=O)O. The number of rotatable bonds is 4. The molecule has 1 aromatic carbocycles. The van der Waals surface area contributed by atoms with Gasteiger partial charge in [-0.3, -0.25) is 4.79 Å². The molecule has 0 fully saturated rings. The maximum Gasteiger partial charge on any atom is 0.471 e. The lowest BCUT2D eigenvalue weighted by Crippen LogP contribution is -2.36. The van der Waals surface area contributed by atoms with Gasteiger partial charge < -0.3 is 15.6 Å². The van der Waals surface area contributed by atoms with E-state index in [1.807, 2.05) is 0 Å². The van der Waals surface area contributed by atoms with E-state index in [2.05, 4.69) is 0 Å². The second-order valence-corrected chi connectivity index (χ2v) is 4.68. The molecule has 9 heteroatoms. The molecule has 106 valence electrons. The summed E-state index contributed by atoms with van der Waals surface area (Å²) in [5.41, 5.74) is 6.18. The minimum Gasteiger partial charge on any atom is -0.344 e. The van der Waals surface area contributed by atoms with E-state index in [1.54, 1.807) is 5.32 Å². The fourth-order valence-corrected chi connectivity index (χ4v) is 1.61. The molecule has 1 amide bonds. The van der Waals surface area contributed by atoms with Gasteiger partial charge >= 0.3 is 12.1 Å². The van der Waals surface area contributed by atoms with Gasteiger partial charge in [-0.15, -0.1) is 0 Å². The van der Waals surface area contributed by atoms with E-state index in [9.17, 15) is 22.2 Å². The quantitative estimate of drug-likeness (QED) is 0.724. The molecule has 0 radical (unpaired) electrons. The van der Waals surface area contributed by atoms with Crippen LogP contribution in [-0.2, 0) is 22.4 Å². The summed E-state index contributed by atoms with van der Waals surface area (Å²) >= 11 is -2.23. The van der Waals surface area contributed by atoms with Crippen molar-refractivity contribution < 1.29 is 26.7 Å². The van der Waals surface area contributed by atoms with Crippen molar-refractivity contribution >= 4 is 17.0 Å². The van der Waals surface area contributed by atoms with Crippen molar-refractivity contribution in [2.24, 2.45) is 5.73 Å². The number of carbonyl (C=O) groups excluding carboxylic acids is 1. The first kappa shape index (κ1) is 15.6. The Morgan fingerprint density at radius 2 is 1.89 bits per heavy atom. The molecule has 0 aliphatic heterocycles. The molecule has 0 saturated carbocycles. The van der Waals surface area contributed by atoms with E-state index in [0.29, 0.717) is 11.1 Å². The largest absolute Gasteiger partial charge is 0.471 e. The van der Waals surface area contributed by atoms with Gasteiger partial charge in [0.25, 0.3) is 0 Å². The maximum absolute atomic E-state index is 11.9. The van der Waals surface area contributed by atoms with Gasteiger partial charge in [-0.25, -0.2) is 4.21 Å². The number of amides is 1. The van der Waals surface area contributed by atoms with Crippen molar-refractivity contribution in [1.82, 2.24) is 5.32 Å². The topological polar surface area (TPSA) is 92.4 Å². The Kier molecular flexibility index (Phi) is 5.04. The summed E-state index contributed by atoms with van der Waals surface area (Å²) in [7, 11) is 0. The lowest BCUT2D eigenvalue weighted by Gasteiger charge is -2.10. The van der Waals surface area contributed by atoms with Crippen LogP contribution in [0.3, 0.4) is 0 Å². The van der Waals surface area contributed by atoms with Gasteiger partial charge in [-0.05, 0) is 11.1 Å². The Hall–Kier alpha value is -1.45. The monoisotopic (exact) mass is 296 g/mol. The van der Waals surface area contributed by atoms with Gasteiger partial charge in [0, 0.05) is 6.54 Å². The normalized spacial score (nSPS) is 14.8. The van der Waals surface area contributed by atoms with Crippen LogP contribution in [0.1, 0.15) is 16.5 Å². The van der Waals surface area contributed by atoms with E-state index in [1.165, 1.54) is 24.3 Å². The van der Waals surface area contributed by atoms with Gasteiger partial charge in [-0.2, -0.15) is 13.2 Å². The van der Waals surface area contributed by atoms with E-state index < -0.39 is 28.5 Å². The van der Waals surface area contributed by atoms with Crippen molar-refractivity contribution in [3.63, 3.8) is 0 Å². The first-order chi connectivity index (χ1) is 8.71. The molecule has 1 rings (SSSR count). The van der Waals surface area contributed by atoms with Crippen molar-refractivity contribution in [1.29, 1.82) is 0 Å². The van der Waals surface area contributed by atoms with Crippen molar-refractivity contribution in [2.75, 3.05) is 0 Å². The molecule has 4 N–H and O–H groups in total. The first-order valence-corrected chi connectivity index (χ1v) is 6.18. The molecule has 0 aliphatic carbocycles. The van der Waals surface area contributed by atoms with Gasteiger partial charge in [0.05, 0.1) is 0 Å². The summed E-state index contributed by atoms with van der Waals surface area (Å²) in [5.74, 6) is -2.02. The Morgan fingerprint density at radius 3 is 2.32 bits per heavy atom. The van der Waals surface area contributed by atoms with Crippen molar-refractivity contribution in [2.45, 2.75) is 18.1 Å². The summed E-state index contributed by atoms with van der Waals surface area (Å²) in [6.45, 7) is -0.296. The first-order valence-electron chi connectivity index (χ1n) is 5.01. The predicted molar refractivity (Wildman–Crippen MR) is 62.0 cm³/mol. The third-order valence-corrected chi connectivity index (χ3v) is 2.94. The zero-order valence-corrected chi connectivity index (χ0v) is 10.3. The standard InChI is InChI=1S/C10H11F3N2O3S/c11-10(12,13)9(16)15-5-6-1-3-7(4-2-6)8(14)19(17)18/h1-4,8H,5,14H2,(H,15,16)(H,17,18). The van der Waals surface area contributed by atoms with E-state index in [4.69, 9.17) is 10.3 Å². The van der Waals surface area contributed by atoms with Crippen LogP contribution < -0.4 is 11.1 Å². The number of halogens is 3. The molecular weight excluding hydrogens is 285 g/mol. The summed E-state index contributed by atoms with van der Waals surface area (Å²) < 4.78 is 55.3. The Bertz CT molecular complexity index is 476. The molecule has 0 bridgehead atoms. The van der Waals surface area contributed by atoms with Gasteiger partial charge in [-0.1, -0.05) is 24.3 Å². The fraction of sp³-hybridized carbons (Fsp3) is 0.300. The number of nitrogens with two attached hydrogens (primary N) is 1. The van der Waals surface area contributed by atoms with E-state index >= 15 is 0 Å². The maximum atomic E-state index is 11.9. The minimum atomic E-state index is -4.92. The molecule has 0 saturated heterocycles. The van der Waals surface area contributed by atoms with E-state index in [-0.39, 0.29) is 6.54 Å². The molecule has 19 heavy (non-hydrogen) atoms. The Morgan fingerprint density at radius 1 is 1.37 bits per heavy atom. The fourth-order valence-electron chi connectivity index (χ4n) is 1.22. The summed E-state index contributed by atoms with van der Waals surface area (Å²) in [6.07, 6.45) is -4.92. The van der Waals surface area contributed by atoms with Crippen LogP contribution in [-0.4, -0.2) is 20.8 Å². The van der Waals surface area contributed by atoms with Crippen molar-refractivity contribution in [3.05, 3.63) is 35.4 Å². The van der Waals surface area contributed by atoms with E-state index in [0.717, 1.165) is 0 Å². The highest BCUT2D eigenvalue weighted by Gasteiger charge is 2.38. The second-order valence-electron chi connectivity index (χ2n) is 3.62. The van der Waals surface area contributed by atoms with Crippen LogP contribution in [0.15, 0.2) is 24.3 Å². The Balaban J connectivity index is 2.63. The summed E-state index contributed by atoms with van der Waals surface area (Å²) in [5, 5.41) is 0.621. The molecule has 0 heterocycles. The van der Waals surface area contributed by atoms with Gasteiger partial charge in [0.1, 0.15) is 5.37 Å². The van der Waals surface area contributed by atoms with Gasteiger partial charge in [0.15, 0.2) is 11.1 Å². The number of nitrogens with one attached hydrogen (secondary N) is 1. The van der Waals surface area contributed by atoms with Crippen molar-refractivity contribution in [3.8, 4) is 0 Å². The van der Waals surface area contributed by atoms with Gasteiger partial charge in [0.2, 0.25) is 0 Å². The molecule has 1 aromatic rings. The molecule has 0 spiro atoms. The zero-order valence-electron chi connectivity index (χ0n) is 9.48. The van der Waals surface area contributed by atoms with Crippen LogP contribution in [0.25, 0.3) is 0 Å². The number of hydrogen-bond donors (Lipinski definition) is 3. The lowest BCUT2D eigenvalue weighted by atomic mass is 10.1. The minimum absolute atomic E-state index is 0.296. The molecule has 0 aromatic heterocycles. The summed E-state index contributed by atoms with van der Waals surface area (Å²) in [4.78, 5) is 10.6. The molecular formula is C10H11F3N2O3S. The number of carbonyl (C=O) groups is 1. The van der Waals surface area contributed by atoms with Crippen LogP contribution >= 0.6 is 0 Å². The highest BCUT2D eigenvalue weighted by molar-refractivity contribution is 7.79. The second kappa shape index (κ2) is 6.13. The molecule has 2 atom stereocenters. The van der Waals surface area contributed by atoms with Crippen LogP contribution in [0.4, 0.5) is 13.2 Å². The number of hydrogen-bond acceptors (Lipinski definition) is 3. The molecule has 2 unspecified atom stereocenters. The zero-order chi connectivity index (χ0) is 14.6. The van der Waals surface area contributed by atoms with Crippen LogP contribution in [0.2, 0.25) is 0 Å². The van der Waals surface area contributed by atoms with Crippen LogP contribution in [0, 0.1) is 0 Å². The van der Waals surface area contributed by atoms with Crippen LogP contribution in [0.5, 0.6) is 0 Å². The smallest absolute Gasteiger partial charge is 0.344 e. The average molecular weight is 296 g/mol. The third kappa shape index (κ3) is 4.62. The predicted octanol–water partition coefficient (Wildman–Crippen LogP) is 1.04. The lowest BCUT2D eigenvalue weighted by molar-refractivity contribution is -0.173. The number of alkyl halides is 3. The third-order valence-electron chi connectivity index (χ3n) is 2.24.